The van der Waals surface area contributed by atoms with Crippen LogP contribution in [-0.2, 0) is 4.79 Å². The summed E-state index contributed by atoms with van der Waals surface area (Å²) in [5.74, 6) is -1.02. The summed E-state index contributed by atoms with van der Waals surface area (Å²) in [6.07, 6.45) is 3.32. The molecule has 0 aromatic rings. The molecular formula is C13H23NO2. The second-order valence-electron chi connectivity index (χ2n) is 6.16. The van der Waals surface area contributed by atoms with Crippen LogP contribution in [0.5, 0.6) is 0 Å². The summed E-state index contributed by atoms with van der Waals surface area (Å²) < 4.78 is 0. The Bertz CT molecular complexity index is 278. The lowest BCUT2D eigenvalue weighted by Gasteiger charge is -2.47. The Hall–Kier alpha value is -0.830. The topological polar surface area (TPSA) is 49.3 Å². The van der Waals surface area contributed by atoms with Crippen molar-refractivity contribution in [3.05, 3.63) is 12.7 Å². The zero-order valence-electron chi connectivity index (χ0n) is 10.7. The minimum atomic E-state index is -0.756. The lowest BCUT2D eigenvalue weighted by molar-refractivity contribution is -0.142. The van der Waals surface area contributed by atoms with Gasteiger partial charge in [-0.25, -0.2) is 0 Å². The zero-order valence-corrected chi connectivity index (χ0v) is 10.7. The van der Waals surface area contributed by atoms with Gasteiger partial charge in [0.05, 0.1) is 5.92 Å². The lowest BCUT2D eigenvalue weighted by Crippen LogP contribution is -2.59. The van der Waals surface area contributed by atoms with Crippen molar-refractivity contribution in [2.45, 2.75) is 51.6 Å². The molecule has 1 saturated heterocycles. The van der Waals surface area contributed by atoms with E-state index in [0.29, 0.717) is 0 Å². The highest BCUT2D eigenvalue weighted by Gasteiger charge is 2.41. The fourth-order valence-electron chi connectivity index (χ4n) is 3.15. The van der Waals surface area contributed by atoms with Crippen LogP contribution in [0.15, 0.2) is 12.7 Å². The second-order valence-corrected chi connectivity index (χ2v) is 6.16. The van der Waals surface area contributed by atoms with Gasteiger partial charge >= 0.3 is 5.97 Å². The monoisotopic (exact) mass is 225 g/mol. The molecule has 0 bridgehead atoms. The van der Waals surface area contributed by atoms with E-state index >= 15 is 0 Å². The number of aliphatic carboxylic acids is 1. The van der Waals surface area contributed by atoms with Gasteiger partial charge in [0.1, 0.15) is 0 Å². The van der Waals surface area contributed by atoms with Crippen molar-refractivity contribution < 1.29 is 9.90 Å². The Kier molecular flexibility index (Phi) is 3.48. The van der Waals surface area contributed by atoms with Crippen molar-refractivity contribution in [1.82, 2.24) is 5.32 Å². The van der Waals surface area contributed by atoms with E-state index in [-0.39, 0.29) is 17.0 Å². The minimum absolute atomic E-state index is 0.0108. The zero-order chi connectivity index (χ0) is 12.6. The van der Waals surface area contributed by atoms with Crippen LogP contribution in [0.25, 0.3) is 0 Å². The normalized spacial score (nSPS) is 26.0. The van der Waals surface area contributed by atoms with Gasteiger partial charge in [0.25, 0.3) is 0 Å². The number of carbonyl (C=O) groups is 1. The smallest absolute Gasteiger partial charge is 0.310 e. The molecule has 1 aliphatic heterocycles. The number of hydrogen-bond donors (Lipinski definition) is 2. The first-order valence-corrected chi connectivity index (χ1v) is 5.81. The third kappa shape index (κ3) is 3.08. The SMILES string of the molecule is C=CC(C(=O)O)C1CC(C)(C)NC(C)(C)C1. The van der Waals surface area contributed by atoms with Crippen LogP contribution in [0, 0.1) is 11.8 Å². The third-order valence-corrected chi connectivity index (χ3v) is 3.27. The molecule has 0 aromatic carbocycles. The van der Waals surface area contributed by atoms with E-state index in [1.807, 2.05) is 0 Å². The average molecular weight is 225 g/mol. The molecule has 92 valence electrons. The predicted octanol–water partition coefficient (Wildman–Crippen LogP) is 2.43. The highest BCUT2D eigenvalue weighted by molar-refractivity contribution is 5.72. The highest BCUT2D eigenvalue weighted by atomic mass is 16.4. The number of nitrogens with one attached hydrogen (secondary N) is 1. The molecule has 2 N–H and O–H groups in total. The summed E-state index contributed by atoms with van der Waals surface area (Å²) in [5.41, 5.74) is -0.0216. The first-order chi connectivity index (χ1) is 7.17. The van der Waals surface area contributed by atoms with E-state index < -0.39 is 11.9 Å². The molecule has 0 spiro atoms. The van der Waals surface area contributed by atoms with Crippen LogP contribution in [0.1, 0.15) is 40.5 Å². The fraction of sp³-hybridized carbons (Fsp3) is 0.769. The maximum Gasteiger partial charge on any atom is 0.310 e. The largest absolute Gasteiger partial charge is 0.481 e. The molecule has 1 atom stereocenters. The molecule has 3 heteroatoms. The van der Waals surface area contributed by atoms with Crippen LogP contribution in [-0.4, -0.2) is 22.2 Å². The van der Waals surface area contributed by atoms with Gasteiger partial charge in [0.2, 0.25) is 0 Å². The molecule has 1 aliphatic rings. The molecule has 0 amide bonds. The quantitative estimate of drug-likeness (QED) is 0.725. The predicted molar refractivity (Wildman–Crippen MR) is 65.3 cm³/mol. The summed E-state index contributed by atoms with van der Waals surface area (Å²) in [6.45, 7) is 12.2. The van der Waals surface area contributed by atoms with Crippen LogP contribution < -0.4 is 5.32 Å². The number of rotatable bonds is 3. The Balaban J connectivity index is 2.89. The van der Waals surface area contributed by atoms with Crippen LogP contribution in [0.3, 0.4) is 0 Å². The van der Waals surface area contributed by atoms with Crippen LogP contribution >= 0.6 is 0 Å². The Morgan fingerprint density at radius 3 is 2.12 bits per heavy atom. The van der Waals surface area contributed by atoms with E-state index in [1.165, 1.54) is 0 Å². The third-order valence-electron chi connectivity index (χ3n) is 3.27. The van der Waals surface area contributed by atoms with Gasteiger partial charge in [-0.15, -0.1) is 6.58 Å². The van der Waals surface area contributed by atoms with Crippen molar-refractivity contribution in [2.75, 3.05) is 0 Å². The summed E-state index contributed by atoms with van der Waals surface area (Å²) in [7, 11) is 0. The molecule has 0 aromatic heterocycles. The Morgan fingerprint density at radius 2 is 1.81 bits per heavy atom. The summed E-state index contributed by atoms with van der Waals surface area (Å²) in [5, 5.41) is 12.7. The van der Waals surface area contributed by atoms with Crippen molar-refractivity contribution in [2.24, 2.45) is 11.8 Å². The van der Waals surface area contributed by atoms with Gasteiger partial charge in [0, 0.05) is 11.1 Å². The molecule has 1 unspecified atom stereocenters. The maximum atomic E-state index is 11.2. The lowest BCUT2D eigenvalue weighted by atomic mass is 9.71. The van der Waals surface area contributed by atoms with E-state index in [2.05, 4.69) is 39.6 Å². The van der Waals surface area contributed by atoms with Crippen LogP contribution in [0.2, 0.25) is 0 Å². The maximum absolute atomic E-state index is 11.2. The summed E-state index contributed by atoms with van der Waals surface area (Å²) in [6, 6.07) is 0. The fourth-order valence-corrected chi connectivity index (χ4v) is 3.15. The van der Waals surface area contributed by atoms with Crippen molar-refractivity contribution in [3.8, 4) is 0 Å². The molecule has 0 saturated carbocycles. The highest BCUT2D eigenvalue weighted by Crippen LogP contribution is 2.37. The van der Waals surface area contributed by atoms with Gasteiger partial charge in [-0.2, -0.15) is 0 Å². The number of carboxylic acids is 1. The minimum Gasteiger partial charge on any atom is -0.481 e. The van der Waals surface area contributed by atoms with Crippen molar-refractivity contribution in [3.63, 3.8) is 0 Å². The number of carboxylic acid groups (broad SMARTS) is 1. The standard InChI is InChI=1S/C13H23NO2/c1-6-10(11(15)16)9-7-12(2,3)14-13(4,5)8-9/h6,9-10,14H,1,7-8H2,2-5H3,(H,15,16). The van der Waals surface area contributed by atoms with Gasteiger partial charge in [-0.1, -0.05) is 6.08 Å². The van der Waals surface area contributed by atoms with Crippen LogP contribution in [0.4, 0.5) is 0 Å². The molecule has 1 heterocycles. The van der Waals surface area contributed by atoms with E-state index in [9.17, 15) is 9.90 Å². The van der Waals surface area contributed by atoms with Gasteiger partial charge in [-0.3, -0.25) is 4.79 Å². The molecule has 0 radical (unpaired) electrons. The molecule has 0 aliphatic carbocycles. The first-order valence-electron chi connectivity index (χ1n) is 5.81. The number of hydrogen-bond acceptors (Lipinski definition) is 2. The summed E-state index contributed by atoms with van der Waals surface area (Å²) >= 11 is 0. The molecule has 3 nitrogen and oxygen atoms in total. The Morgan fingerprint density at radius 1 is 1.38 bits per heavy atom. The Labute approximate surface area is 97.9 Å². The van der Waals surface area contributed by atoms with E-state index in [0.717, 1.165) is 12.8 Å². The van der Waals surface area contributed by atoms with Crippen molar-refractivity contribution >= 4 is 5.97 Å². The molecule has 1 rings (SSSR count). The average Bonchev–Trinajstić information content (AvgIpc) is 1.97. The number of piperidine rings is 1. The van der Waals surface area contributed by atoms with Gasteiger partial charge < -0.3 is 10.4 Å². The van der Waals surface area contributed by atoms with Gasteiger partial charge in [-0.05, 0) is 46.5 Å². The molecule has 16 heavy (non-hydrogen) atoms. The first kappa shape index (κ1) is 13.2. The molecular weight excluding hydrogens is 202 g/mol. The van der Waals surface area contributed by atoms with E-state index in [1.54, 1.807) is 6.08 Å². The van der Waals surface area contributed by atoms with E-state index in [4.69, 9.17) is 0 Å². The second kappa shape index (κ2) is 4.21. The van der Waals surface area contributed by atoms with Gasteiger partial charge in [0.15, 0.2) is 0 Å². The summed E-state index contributed by atoms with van der Waals surface area (Å²) in [4.78, 5) is 11.2. The van der Waals surface area contributed by atoms with Crippen molar-refractivity contribution in [1.29, 1.82) is 0 Å². The molecule has 1 fully saturated rings.